The zero-order valence-corrected chi connectivity index (χ0v) is 10.3. The van der Waals surface area contributed by atoms with E-state index in [2.05, 4.69) is 15.5 Å². The fourth-order valence-corrected chi connectivity index (χ4v) is 1.62. The number of aromatic amines is 1. The third-order valence-electron chi connectivity index (χ3n) is 2.35. The Morgan fingerprint density at radius 1 is 1.35 bits per heavy atom. The standard InChI is InChI=1S/C10H12N4O2S/c1-15-8-4-3-7(9(5-8)16-2)6-14-10(17)11-12-13-14/h3-5H,6H2,1-2H3,(H,11,13,17). The summed E-state index contributed by atoms with van der Waals surface area (Å²) in [6.07, 6.45) is 0. The lowest BCUT2D eigenvalue weighted by Crippen LogP contribution is -2.04. The van der Waals surface area contributed by atoms with Crippen molar-refractivity contribution in [2.24, 2.45) is 0 Å². The average molecular weight is 252 g/mol. The van der Waals surface area contributed by atoms with Crippen molar-refractivity contribution in [1.82, 2.24) is 20.2 Å². The van der Waals surface area contributed by atoms with E-state index in [1.807, 2.05) is 18.2 Å². The maximum atomic E-state index is 5.29. The molecule has 0 aliphatic carbocycles. The number of H-pyrrole nitrogens is 1. The van der Waals surface area contributed by atoms with Gasteiger partial charge in [-0.15, -0.1) is 0 Å². The Balaban J connectivity index is 2.33. The predicted octanol–water partition coefficient (Wildman–Crippen LogP) is 1.40. The number of hydrogen-bond acceptors (Lipinski definition) is 5. The summed E-state index contributed by atoms with van der Waals surface area (Å²) in [5.41, 5.74) is 0.968. The summed E-state index contributed by atoms with van der Waals surface area (Å²) in [6.45, 7) is 0.527. The highest BCUT2D eigenvalue weighted by molar-refractivity contribution is 7.71. The van der Waals surface area contributed by atoms with E-state index in [1.165, 1.54) is 0 Å². The molecule has 7 heteroatoms. The molecular formula is C10H12N4O2S. The molecule has 0 amide bonds. The molecule has 1 aromatic heterocycles. The van der Waals surface area contributed by atoms with Gasteiger partial charge < -0.3 is 9.47 Å². The molecule has 1 aromatic carbocycles. The molecule has 0 fully saturated rings. The number of benzene rings is 1. The minimum Gasteiger partial charge on any atom is -0.497 e. The minimum atomic E-state index is 0.405. The Morgan fingerprint density at radius 3 is 2.76 bits per heavy atom. The van der Waals surface area contributed by atoms with Crippen molar-refractivity contribution < 1.29 is 9.47 Å². The number of ether oxygens (including phenoxy) is 2. The Morgan fingerprint density at radius 2 is 2.18 bits per heavy atom. The van der Waals surface area contributed by atoms with Crippen LogP contribution in [-0.4, -0.2) is 34.4 Å². The van der Waals surface area contributed by atoms with Gasteiger partial charge in [-0.3, -0.25) is 0 Å². The van der Waals surface area contributed by atoms with Crippen LogP contribution in [0.1, 0.15) is 5.56 Å². The number of aromatic nitrogens is 4. The van der Waals surface area contributed by atoms with Gasteiger partial charge in [0.15, 0.2) is 0 Å². The zero-order chi connectivity index (χ0) is 12.3. The molecule has 0 atom stereocenters. The maximum absolute atomic E-state index is 5.29. The van der Waals surface area contributed by atoms with Crippen molar-refractivity contribution in [3.05, 3.63) is 28.5 Å². The third kappa shape index (κ3) is 2.44. The highest BCUT2D eigenvalue weighted by Crippen LogP contribution is 2.24. The molecule has 0 radical (unpaired) electrons. The number of rotatable bonds is 4. The summed E-state index contributed by atoms with van der Waals surface area (Å²) in [7, 11) is 3.23. The smallest absolute Gasteiger partial charge is 0.238 e. The van der Waals surface area contributed by atoms with Crippen molar-refractivity contribution in [1.29, 1.82) is 0 Å². The van der Waals surface area contributed by atoms with E-state index >= 15 is 0 Å². The van der Waals surface area contributed by atoms with Crippen LogP contribution in [0.15, 0.2) is 18.2 Å². The van der Waals surface area contributed by atoms with Crippen LogP contribution in [-0.2, 0) is 6.54 Å². The van der Waals surface area contributed by atoms with Gasteiger partial charge in [-0.2, -0.15) is 5.21 Å². The van der Waals surface area contributed by atoms with Gasteiger partial charge in [0.05, 0.1) is 20.8 Å². The molecular weight excluding hydrogens is 240 g/mol. The molecule has 0 aliphatic rings. The first-order valence-electron chi connectivity index (χ1n) is 4.93. The topological polar surface area (TPSA) is 65.0 Å². The SMILES string of the molecule is COc1ccc(Cn2[nH]nnc2=S)c(OC)c1. The first-order valence-corrected chi connectivity index (χ1v) is 5.34. The first kappa shape index (κ1) is 11.6. The van der Waals surface area contributed by atoms with E-state index < -0.39 is 0 Å². The normalized spacial score (nSPS) is 10.2. The zero-order valence-electron chi connectivity index (χ0n) is 9.51. The molecule has 1 N–H and O–H groups in total. The van der Waals surface area contributed by atoms with E-state index in [4.69, 9.17) is 21.7 Å². The van der Waals surface area contributed by atoms with Crippen LogP contribution in [0, 0.1) is 4.77 Å². The Kier molecular flexibility index (Phi) is 3.38. The summed E-state index contributed by atoms with van der Waals surface area (Å²) in [4.78, 5) is 0. The van der Waals surface area contributed by atoms with Gasteiger partial charge in [0, 0.05) is 11.6 Å². The van der Waals surface area contributed by atoms with Gasteiger partial charge in [0.2, 0.25) is 4.77 Å². The van der Waals surface area contributed by atoms with E-state index in [0.717, 1.165) is 17.1 Å². The van der Waals surface area contributed by atoms with Crippen LogP contribution < -0.4 is 9.47 Å². The van der Waals surface area contributed by atoms with Gasteiger partial charge in [0.25, 0.3) is 0 Å². The summed E-state index contributed by atoms with van der Waals surface area (Å²) >= 11 is 5.01. The van der Waals surface area contributed by atoms with Gasteiger partial charge in [-0.25, -0.2) is 4.68 Å². The van der Waals surface area contributed by atoms with Crippen molar-refractivity contribution in [3.63, 3.8) is 0 Å². The van der Waals surface area contributed by atoms with Crippen LogP contribution >= 0.6 is 12.2 Å². The average Bonchev–Trinajstić information content (AvgIpc) is 2.75. The molecule has 6 nitrogen and oxygen atoms in total. The minimum absolute atomic E-state index is 0.405. The molecule has 2 rings (SSSR count). The van der Waals surface area contributed by atoms with E-state index in [0.29, 0.717) is 11.3 Å². The van der Waals surface area contributed by atoms with Crippen LogP contribution in [0.5, 0.6) is 11.5 Å². The Bertz CT molecular complexity index is 563. The lowest BCUT2D eigenvalue weighted by Gasteiger charge is -2.10. The molecule has 0 unspecified atom stereocenters. The van der Waals surface area contributed by atoms with Gasteiger partial charge in [-0.05, 0) is 24.4 Å². The number of nitrogens with zero attached hydrogens (tertiary/aromatic N) is 3. The summed E-state index contributed by atoms with van der Waals surface area (Å²) < 4.78 is 12.5. The Hall–Kier alpha value is -1.89. The molecule has 17 heavy (non-hydrogen) atoms. The van der Waals surface area contributed by atoms with Crippen LogP contribution in [0.25, 0.3) is 0 Å². The molecule has 0 spiro atoms. The molecule has 0 saturated carbocycles. The third-order valence-corrected chi connectivity index (χ3v) is 2.66. The molecule has 2 aromatic rings. The van der Waals surface area contributed by atoms with Crippen molar-refractivity contribution in [2.45, 2.75) is 6.54 Å². The van der Waals surface area contributed by atoms with Crippen molar-refractivity contribution in [3.8, 4) is 11.5 Å². The summed E-state index contributed by atoms with van der Waals surface area (Å²) in [6, 6.07) is 5.61. The highest BCUT2D eigenvalue weighted by atomic mass is 32.1. The molecule has 90 valence electrons. The number of methoxy groups -OCH3 is 2. The lowest BCUT2D eigenvalue weighted by molar-refractivity contribution is 0.389. The highest BCUT2D eigenvalue weighted by Gasteiger charge is 2.06. The van der Waals surface area contributed by atoms with E-state index in [9.17, 15) is 0 Å². The van der Waals surface area contributed by atoms with Crippen molar-refractivity contribution in [2.75, 3.05) is 14.2 Å². The monoisotopic (exact) mass is 252 g/mol. The lowest BCUT2D eigenvalue weighted by atomic mass is 10.2. The van der Waals surface area contributed by atoms with Gasteiger partial charge in [0.1, 0.15) is 11.5 Å². The summed E-state index contributed by atoms with van der Waals surface area (Å²) in [5.74, 6) is 1.48. The molecule has 0 saturated heterocycles. The van der Waals surface area contributed by atoms with Crippen LogP contribution in [0.3, 0.4) is 0 Å². The first-order chi connectivity index (χ1) is 8.24. The Labute approximate surface area is 103 Å². The number of nitrogens with one attached hydrogen (secondary N) is 1. The van der Waals surface area contributed by atoms with Crippen LogP contribution in [0.2, 0.25) is 0 Å². The van der Waals surface area contributed by atoms with Crippen LogP contribution in [0.4, 0.5) is 0 Å². The molecule has 1 heterocycles. The molecule has 0 aliphatic heterocycles. The summed E-state index contributed by atoms with van der Waals surface area (Å²) in [5, 5.41) is 10.0. The second-order valence-corrected chi connectivity index (χ2v) is 3.71. The van der Waals surface area contributed by atoms with Crippen molar-refractivity contribution >= 4 is 12.2 Å². The van der Waals surface area contributed by atoms with E-state index in [-0.39, 0.29) is 0 Å². The second-order valence-electron chi connectivity index (χ2n) is 3.35. The van der Waals surface area contributed by atoms with Gasteiger partial charge >= 0.3 is 0 Å². The number of hydrogen-bond donors (Lipinski definition) is 1. The van der Waals surface area contributed by atoms with Gasteiger partial charge in [-0.1, -0.05) is 10.3 Å². The second kappa shape index (κ2) is 4.96. The van der Waals surface area contributed by atoms with E-state index in [1.54, 1.807) is 18.9 Å². The number of tetrazole rings is 1. The fourth-order valence-electron chi connectivity index (χ4n) is 1.47. The quantitative estimate of drug-likeness (QED) is 0.833. The molecule has 0 bridgehead atoms. The maximum Gasteiger partial charge on any atom is 0.238 e. The largest absolute Gasteiger partial charge is 0.497 e. The predicted molar refractivity (Wildman–Crippen MR) is 63.9 cm³/mol. The fraction of sp³-hybridized carbons (Fsp3) is 0.300.